The number of carbonyl (C=O) groups is 1. The van der Waals surface area contributed by atoms with Crippen LogP contribution in [-0.2, 0) is 6.42 Å². The summed E-state index contributed by atoms with van der Waals surface area (Å²) in [5.74, 6) is 1.25. The van der Waals surface area contributed by atoms with Gasteiger partial charge in [0.15, 0.2) is 11.5 Å². The van der Waals surface area contributed by atoms with Gasteiger partial charge in [-0.3, -0.25) is 4.79 Å². The molecular weight excluding hydrogens is 268 g/mol. The Morgan fingerprint density at radius 3 is 2.67 bits per heavy atom. The lowest BCUT2D eigenvalue weighted by Crippen LogP contribution is -2.31. The van der Waals surface area contributed by atoms with Crippen LogP contribution in [0.15, 0.2) is 24.8 Å². The van der Waals surface area contributed by atoms with E-state index >= 15 is 0 Å². The Morgan fingerprint density at radius 1 is 1.43 bits per heavy atom. The number of methoxy groups -OCH3 is 2. The Labute approximate surface area is 126 Å². The van der Waals surface area contributed by atoms with Gasteiger partial charge >= 0.3 is 0 Å². The van der Waals surface area contributed by atoms with Crippen molar-refractivity contribution < 1.29 is 14.3 Å². The average Bonchev–Trinajstić information content (AvgIpc) is 2.51. The second kappa shape index (κ2) is 8.32. The molecule has 1 amide bonds. The van der Waals surface area contributed by atoms with E-state index in [2.05, 4.69) is 11.9 Å². The van der Waals surface area contributed by atoms with Crippen LogP contribution < -0.4 is 20.5 Å². The van der Waals surface area contributed by atoms with Crippen molar-refractivity contribution in [2.24, 2.45) is 11.7 Å². The van der Waals surface area contributed by atoms with E-state index in [1.807, 2.05) is 6.92 Å². The van der Waals surface area contributed by atoms with Gasteiger partial charge in [0.05, 0.1) is 14.2 Å². The highest BCUT2D eigenvalue weighted by molar-refractivity contribution is 5.95. The molecule has 0 radical (unpaired) electrons. The molecule has 116 valence electrons. The molecule has 0 aliphatic rings. The summed E-state index contributed by atoms with van der Waals surface area (Å²) in [7, 11) is 3.13. The normalized spacial score (nSPS) is 11.6. The van der Waals surface area contributed by atoms with Crippen molar-refractivity contribution >= 4 is 5.91 Å². The van der Waals surface area contributed by atoms with Gasteiger partial charge in [-0.1, -0.05) is 13.0 Å². The minimum absolute atomic E-state index is 0.151. The highest BCUT2D eigenvalue weighted by Gasteiger charge is 2.15. The van der Waals surface area contributed by atoms with Gasteiger partial charge in [-0.05, 0) is 31.0 Å². The minimum Gasteiger partial charge on any atom is -0.493 e. The number of rotatable bonds is 8. The van der Waals surface area contributed by atoms with E-state index < -0.39 is 0 Å². The maximum absolute atomic E-state index is 12.2. The van der Waals surface area contributed by atoms with Gasteiger partial charge in [-0.2, -0.15) is 0 Å². The van der Waals surface area contributed by atoms with E-state index in [-0.39, 0.29) is 11.8 Å². The molecule has 3 N–H and O–H groups in total. The Morgan fingerprint density at radius 2 is 2.14 bits per heavy atom. The van der Waals surface area contributed by atoms with Gasteiger partial charge in [0, 0.05) is 17.7 Å². The predicted molar refractivity (Wildman–Crippen MR) is 84.0 cm³/mol. The topological polar surface area (TPSA) is 73.6 Å². The number of hydrogen-bond acceptors (Lipinski definition) is 4. The molecule has 0 aliphatic carbocycles. The summed E-state index contributed by atoms with van der Waals surface area (Å²) in [5.41, 5.74) is 6.95. The number of amides is 1. The van der Waals surface area contributed by atoms with Crippen LogP contribution in [0, 0.1) is 5.92 Å². The molecule has 5 nitrogen and oxygen atoms in total. The zero-order valence-corrected chi connectivity index (χ0v) is 12.9. The molecule has 0 saturated carbocycles. The van der Waals surface area contributed by atoms with Crippen molar-refractivity contribution in [2.75, 3.05) is 27.3 Å². The summed E-state index contributed by atoms with van der Waals surface area (Å²) in [6.07, 6.45) is 2.36. The number of allylic oxidation sites excluding steroid dienone is 1. The van der Waals surface area contributed by atoms with E-state index in [0.717, 1.165) is 5.56 Å². The first-order chi connectivity index (χ1) is 10.1. The summed E-state index contributed by atoms with van der Waals surface area (Å²) >= 11 is 0. The minimum atomic E-state index is -0.151. The van der Waals surface area contributed by atoms with Gasteiger partial charge in [0.25, 0.3) is 5.91 Å². The molecular formula is C16H24N2O3. The highest BCUT2D eigenvalue weighted by atomic mass is 16.5. The molecule has 0 spiro atoms. The van der Waals surface area contributed by atoms with Crippen LogP contribution in [0.3, 0.4) is 0 Å². The number of hydrogen-bond donors (Lipinski definition) is 2. The smallest absolute Gasteiger partial charge is 0.251 e. The fourth-order valence-corrected chi connectivity index (χ4v) is 1.93. The number of benzene rings is 1. The maximum Gasteiger partial charge on any atom is 0.251 e. The standard InChI is InChI=1S/C16H24N2O3/c1-5-6-12-7-13(8-14(20-3)15(12)21-4)16(19)18-10-11(2)9-17/h5,7-8,11H,1,6,9-10,17H2,2-4H3,(H,18,19). The molecule has 0 aliphatic heterocycles. The number of ether oxygens (including phenoxy) is 2. The lowest BCUT2D eigenvalue weighted by atomic mass is 10.0. The first-order valence-electron chi connectivity index (χ1n) is 6.91. The molecule has 21 heavy (non-hydrogen) atoms. The summed E-state index contributed by atoms with van der Waals surface area (Å²) in [6.45, 7) is 6.78. The van der Waals surface area contributed by atoms with Crippen LogP contribution in [0.5, 0.6) is 11.5 Å². The third-order valence-corrected chi connectivity index (χ3v) is 3.20. The van der Waals surface area contributed by atoms with Crippen molar-refractivity contribution in [3.05, 3.63) is 35.9 Å². The van der Waals surface area contributed by atoms with E-state index in [4.69, 9.17) is 15.2 Å². The lowest BCUT2D eigenvalue weighted by Gasteiger charge is -2.15. The zero-order valence-electron chi connectivity index (χ0n) is 12.9. The summed E-state index contributed by atoms with van der Waals surface area (Å²) in [6, 6.07) is 3.47. The fraction of sp³-hybridized carbons (Fsp3) is 0.438. The summed E-state index contributed by atoms with van der Waals surface area (Å²) in [4.78, 5) is 12.2. The molecule has 1 unspecified atom stereocenters. The quantitative estimate of drug-likeness (QED) is 0.716. The second-order valence-corrected chi connectivity index (χ2v) is 4.91. The third-order valence-electron chi connectivity index (χ3n) is 3.20. The predicted octanol–water partition coefficient (Wildman–Crippen LogP) is 1.76. The Balaban J connectivity index is 3.04. The molecule has 0 bridgehead atoms. The van der Waals surface area contributed by atoms with Gasteiger partial charge in [0.2, 0.25) is 0 Å². The maximum atomic E-state index is 12.2. The van der Waals surface area contributed by atoms with Crippen molar-refractivity contribution in [3.63, 3.8) is 0 Å². The van der Waals surface area contributed by atoms with E-state index in [0.29, 0.717) is 36.6 Å². The Hall–Kier alpha value is -2.01. The second-order valence-electron chi connectivity index (χ2n) is 4.91. The first kappa shape index (κ1) is 17.0. The third kappa shape index (κ3) is 4.49. The van der Waals surface area contributed by atoms with Gasteiger partial charge in [-0.25, -0.2) is 0 Å². The Kier molecular flexibility index (Phi) is 6.75. The van der Waals surface area contributed by atoms with Crippen LogP contribution in [0.25, 0.3) is 0 Å². The van der Waals surface area contributed by atoms with Crippen LogP contribution in [0.2, 0.25) is 0 Å². The molecule has 0 aromatic heterocycles. The van der Waals surface area contributed by atoms with Gasteiger partial charge in [-0.15, -0.1) is 6.58 Å². The van der Waals surface area contributed by atoms with Crippen molar-refractivity contribution in [2.45, 2.75) is 13.3 Å². The molecule has 5 heteroatoms. The molecule has 1 atom stereocenters. The fourth-order valence-electron chi connectivity index (χ4n) is 1.93. The van der Waals surface area contributed by atoms with Gasteiger partial charge < -0.3 is 20.5 Å². The van der Waals surface area contributed by atoms with Crippen molar-refractivity contribution in [3.8, 4) is 11.5 Å². The Bertz CT molecular complexity index is 501. The molecule has 1 aromatic rings. The molecule has 0 saturated heterocycles. The molecule has 1 rings (SSSR count). The average molecular weight is 292 g/mol. The van der Waals surface area contributed by atoms with Crippen LogP contribution in [0.4, 0.5) is 0 Å². The number of carbonyl (C=O) groups excluding carboxylic acids is 1. The van der Waals surface area contributed by atoms with Crippen molar-refractivity contribution in [1.29, 1.82) is 0 Å². The van der Waals surface area contributed by atoms with Crippen LogP contribution in [-0.4, -0.2) is 33.2 Å². The van der Waals surface area contributed by atoms with E-state index in [9.17, 15) is 4.79 Å². The largest absolute Gasteiger partial charge is 0.493 e. The molecule has 0 fully saturated rings. The van der Waals surface area contributed by atoms with E-state index in [1.165, 1.54) is 0 Å². The van der Waals surface area contributed by atoms with Crippen LogP contribution in [0.1, 0.15) is 22.8 Å². The zero-order chi connectivity index (χ0) is 15.8. The molecule has 1 aromatic carbocycles. The van der Waals surface area contributed by atoms with Gasteiger partial charge in [0.1, 0.15) is 0 Å². The van der Waals surface area contributed by atoms with Crippen LogP contribution >= 0.6 is 0 Å². The lowest BCUT2D eigenvalue weighted by molar-refractivity contribution is 0.0948. The summed E-state index contributed by atoms with van der Waals surface area (Å²) in [5, 5.41) is 2.87. The SMILES string of the molecule is C=CCc1cc(C(=O)NCC(C)CN)cc(OC)c1OC. The molecule has 0 heterocycles. The summed E-state index contributed by atoms with van der Waals surface area (Å²) < 4.78 is 10.7. The first-order valence-corrected chi connectivity index (χ1v) is 6.91. The highest BCUT2D eigenvalue weighted by Crippen LogP contribution is 2.33. The number of nitrogens with one attached hydrogen (secondary N) is 1. The number of nitrogens with two attached hydrogens (primary N) is 1. The van der Waals surface area contributed by atoms with E-state index in [1.54, 1.807) is 32.4 Å². The monoisotopic (exact) mass is 292 g/mol. The van der Waals surface area contributed by atoms with Crippen molar-refractivity contribution in [1.82, 2.24) is 5.32 Å².